The summed E-state index contributed by atoms with van der Waals surface area (Å²) in [6, 6.07) is 0. The molecule has 0 saturated carbocycles. The molecule has 0 amide bonds. The highest BCUT2D eigenvalue weighted by molar-refractivity contribution is 4.77. The van der Waals surface area contributed by atoms with E-state index >= 15 is 0 Å². The molecule has 3 heteroatoms. The molecule has 0 bridgehead atoms. The maximum atomic E-state index is 9.06. The molecule has 9 heavy (non-hydrogen) atoms. The molecule has 1 aliphatic heterocycles. The Kier molecular flexibility index (Phi) is 2.05. The molecule has 0 aliphatic carbocycles. The fraction of sp³-hybridized carbons (Fsp3) is 1.00. The van der Waals surface area contributed by atoms with Crippen molar-refractivity contribution in [1.82, 2.24) is 0 Å². The largest absolute Gasteiger partial charge is 0.394 e. The standard InChI is InChI=1S/C6H12O3/c1-4-6(8)2-5(3-7)9-4/h4-8H,2-3H2,1H3/t4-,5?,6?/m1/s1. The van der Waals surface area contributed by atoms with Gasteiger partial charge in [-0.1, -0.05) is 0 Å². The van der Waals surface area contributed by atoms with Crippen molar-refractivity contribution in [2.45, 2.75) is 31.7 Å². The average molecular weight is 132 g/mol. The van der Waals surface area contributed by atoms with E-state index in [0.29, 0.717) is 6.42 Å². The van der Waals surface area contributed by atoms with Crippen LogP contribution in [0.4, 0.5) is 0 Å². The first-order valence-electron chi connectivity index (χ1n) is 3.18. The van der Waals surface area contributed by atoms with Crippen molar-refractivity contribution in [2.75, 3.05) is 6.61 Å². The van der Waals surface area contributed by atoms with Crippen LogP contribution in [0.1, 0.15) is 13.3 Å². The van der Waals surface area contributed by atoms with Crippen LogP contribution in [0.15, 0.2) is 0 Å². The summed E-state index contributed by atoms with van der Waals surface area (Å²) in [5, 5.41) is 17.6. The lowest BCUT2D eigenvalue weighted by Crippen LogP contribution is -2.15. The Labute approximate surface area is 54.3 Å². The number of aliphatic hydroxyl groups is 2. The molecule has 1 fully saturated rings. The van der Waals surface area contributed by atoms with E-state index in [4.69, 9.17) is 14.9 Å². The molecule has 1 aliphatic rings. The van der Waals surface area contributed by atoms with Crippen molar-refractivity contribution in [2.24, 2.45) is 0 Å². The van der Waals surface area contributed by atoms with Gasteiger partial charge in [-0.15, -0.1) is 0 Å². The van der Waals surface area contributed by atoms with Crippen LogP contribution in [0.5, 0.6) is 0 Å². The van der Waals surface area contributed by atoms with Gasteiger partial charge in [0, 0.05) is 6.42 Å². The van der Waals surface area contributed by atoms with Crippen molar-refractivity contribution in [3.63, 3.8) is 0 Å². The highest BCUT2D eigenvalue weighted by Crippen LogP contribution is 2.18. The van der Waals surface area contributed by atoms with Crippen molar-refractivity contribution in [1.29, 1.82) is 0 Å². The summed E-state index contributed by atoms with van der Waals surface area (Å²) in [6.45, 7) is 1.82. The SMILES string of the molecule is C[C@H]1OC(CO)CC1O. The molecule has 2 N–H and O–H groups in total. The fourth-order valence-corrected chi connectivity index (χ4v) is 1.03. The van der Waals surface area contributed by atoms with Crippen molar-refractivity contribution in [3.8, 4) is 0 Å². The van der Waals surface area contributed by atoms with Gasteiger partial charge in [0.2, 0.25) is 0 Å². The minimum absolute atomic E-state index is 0.0153. The zero-order valence-corrected chi connectivity index (χ0v) is 5.45. The van der Waals surface area contributed by atoms with Gasteiger partial charge >= 0.3 is 0 Å². The molecule has 0 spiro atoms. The van der Waals surface area contributed by atoms with E-state index in [1.165, 1.54) is 0 Å². The Morgan fingerprint density at radius 2 is 2.33 bits per heavy atom. The second-order valence-corrected chi connectivity index (χ2v) is 2.45. The zero-order valence-electron chi connectivity index (χ0n) is 5.45. The Morgan fingerprint density at radius 3 is 2.56 bits per heavy atom. The number of rotatable bonds is 1. The van der Waals surface area contributed by atoms with Crippen molar-refractivity contribution >= 4 is 0 Å². The Hall–Kier alpha value is -0.120. The molecule has 0 radical (unpaired) electrons. The van der Waals surface area contributed by atoms with Gasteiger partial charge in [0.25, 0.3) is 0 Å². The molecule has 0 aromatic heterocycles. The molecular formula is C6H12O3. The molecule has 54 valence electrons. The third kappa shape index (κ3) is 1.41. The highest BCUT2D eigenvalue weighted by atomic mass is 16.5. The van der Waals surface area contributed by atoms with E-state index in [-0.39, 0.29) is 24.9 Å². The maximum Gasteiger partial charge on any atom is 0.0836 e. The van der Waals surface area contributed by atoms with Gasteiger partial charge in [-0.2, -0.15) is 0 Å². The topological polar surface area (TPSA) is 49.7 Å². The van der Waals surface area contributed by atoms with Crippen LogP contribution in [-0.2, 0) is 4.74 Å². The van der Waals surface area contributed by atoms with Crippen LogP contribution in [0, 0.1) is 0 Å². The lowest BCUT2D eigenvalue weighted by atomic mass is 10.2. The first kappa shape index (κ1) is 6.99. The molecule has 2 unspecified atom stereocenters. The predicted octanol–water partition coefficient (Wildman–Crippen LogP) is -0.483. The first-order chi connectivity index (χ1) is 4.24. The Bertz CT molecular complexity index is 84.3. The van der Waals surface area contributed by atoms with Crippen LogP contribution < -0.4 is 0 Å². The minimum Gasteiger partial charge on any atom is -0.394 e. The number of hydrogen-bond acceptors (Lipinski definition) is 3. The number of aliphatic hydroxyl groups excluding tert-OH is 2. The second-order valence-electron chi connectivity index (χ2n) is 2.45. The zero-order chi connectivity index (χ0) is 6.85. The van der Waals surface area contributed by atoms with Crippen molar-refractivity contribution in [3.05, 3.63) is 0 Å². The number of hydrogen-bond donors (Lipinski definition) is 2. The monoisotopic (exact) mass is 132 g/mol. The minimum atomic E-state index is -0.387. The van der Waals surface area contributed by atoms with Crippen LogP contribution in [-0.4, -0.2) is 35.1 Å². The molecule has 3 atom stereocenters. The Balaban J connectivity index is 2.35. The summed E-state index contributed by atoms with van der Waals surface area (Å²) >= 11 is 0. The normalized spacial score (nSPS) is 43.7. The third-order valence-electron chi connectivity index (χ3n) is 1.66. The lowest BCUT2D eigenvalue weighted by Gasteiger charge is -2.05. The molecule has 0 aromatic carbocycles. The van der Waals surface area contributed by atoms with E-state index in [1.807, 2.05) is 0 Å². The van der Waals surface area contributed by atoms with E-state index in [1.54, 1.807) is 6.92 Å². The third-order valence-corrected chi connectivity index (χ3v) is 1.66. The first-order valence-corrected chi connectivity index (χ1v) is 3.18. The fourth-order valence-electron chi connectivity index (χ4n) is 1.03. The van der Waals surface area contributed by atoms with Crippen LogP contribution in [0.25, 0.3) is 0 Å². The summed E-state index contributed by atoms with van der Waals surface area (Å²) in [6.07, 6.45) is -0.0724. The van der Waals surface area contributed by atoms with Gasteiger partial charge in [0.15, 0.2) is 0 Å². The second kappa shape index (κ2) is 2.64. The Morgan fingerprint density at radius 1 is 1.67 bits per heavy atom. The molecule has 1 saturated heterocycles. The molecule has 0 aromatic rings. The summed E-state index contributed by atoms with van der Waals surface area (Å²) in [5.41, 5.74) is 0. The van der Waals surface area contributed by atoms with E-state index in [0.717, 1.165) is 0 Å². The molecule has 3 nitrogen and oxygen atoms in total. The maximum absolute atomic E-state index is 9.06. The van der Waals surface area contributed by atoms with Gasteiger partial charge in [-0.05, 0) is 6.92 Å². The number of ether oxygens (including phenoxy) is 1. The van der Waals surface area contributed by atoms with Crippen molar-refractivity contribution < 1.29 is 14.9 Å². The smallest absolute Gasteiger partial charge is 0.0836 e. The van der Waals surface area contributed by atoms with Gasteiger partial charge in [-0.25, -0.2) is 0 Å². The van der Waals surface area contributed by atoms with Gasteiger partial charge in [0.1, 0.15) is 0 Å². The lowest BCUT2D eigenvalue weighted by molar-refractivity contribution is 0.000607. The summed E-state index contributed by atoms with van der Waals surface area (Å²) in [5.74, 6) is 0. The molecule has 1 heterocycles. The van der Waals surface area contributed by atoms with Gasteiger partial charge < -0.3 is 14.9 Å². The molecular weight excluding hydrogens is 120 g/mol. The van der Waals surface area contributed by atoms with Crippen LogP contribution in [0.2, 0.25) is 0 Å². The van der Waals surface area contributed by atoms with E-state index in [2.05, 4.69) is 0 Å². The van der Waals surface area contributed by atoms with E-state index in [9.17, 15) is 0 Å². The van der Waals surface area contributed by atoms with E-state index < -0.39 is 0 Å². The summed E-state index contributed by atoms with van der Waals surface area (Å²) in [4.78, 5) is 0. The van der Waals surface area contributed by atoms with Crippen LogP contribution in [0.3, 0.4) is 0 Å². The van der Waals surface area contributed by atoms with Gasteiger partial charge in [0.05, 0.1) is 24.9 Å². The molecule has 1 rings (SSSR count). The summed E-state index contributed by atoms with van der Waals surface area (Å²) in [7, 11) is 0. The average Bonchev–Trinajstić information content (AvgIpc) is 2.13. The van der Waals surface area contributed by atoms with Crippen LogP contribution >= 0.6 is 0 Å². The summed E-state index contributed by atoms with van der Waals surface area (Å²) < 4.78 is 5.12. The quantitative estimate of drug-likeness (QED) is 0.506. The highest BCUT2D eigenvalue weighted by Gasteiger charge is 2.29. The van der Waals surface area contributed by atoms with Gasteiger partial charge in [-0.3, -0.25) is 0 Å². The predicted molar refractivity (Wildman–Crippen MR) is 32.0 cm³/mol.